The first-order valence-electron chi connectivity index (χ1n) is 12.6. The molecule has 0 amide bonds. The summed E-state index contributed by atoms with van der Waals surface area (Å²) < 4.78 is 24.5. The molecular formula is C26H49FN4O3. The van der Waals surface area contributed by atoms with E-state index < -0.39 is 23.8 Å². The molecule has 198 valence electrons. The van der Waals surface area contributed by atoms with Gasteiger partial charge in [-0.2, -0.15) is 0 Å². The largest absolute Gasteiger partial charge is 0.459 e. The zero-order valence-electron chi connectivity index (χ0n) is 22.7. The smallest absolute Gasteiger partial charge is 0.323 e. The Morgan fingerprint density at radius 2 is 1.91 bits per heavy atom. The molecule has 34 heavy (non-hydrogen) atoms. The average molecular weight is 485 g/mol. The molecule has 0 saturated heterocycles. The van der Waals surface area contributed by atoms with Gasteiger partial charge in [-0.05, 0) is 71.0 Å². The van der Waals surface area contributed by atoms with Crippen LogP contribution in [0.15, 0.2) is 12.1 Å². The summed E-state index contributed by atoms with van der Waals surface area (Å²) in [6.45, 7) is 13.1. The summed E-state index contributed by atoms with van der Waals surface area (Å²) in [4.78, 5) is 18.8. The van der Waals surface area contributed by atoms with E-state index in [1.807, 2.05) is 46.6 Å². The Kier molecular flexibility index (Phi) is 16.7. The van der Waals surface area contributed by atoms with Crippen LogP contribution in [0.1, 0.15) is 72.1 Å². The van der Waals surface area contributed by atoms with Gasteiger partial charge in [0.05, 0.1) is 6.61 Å². The Morgan fingerprint density at radius 1 is 1.24 bits per heavy atom. The zero-order chi connectivity index (χ0) is 26.1. The van der Waals surface area contributed by atoms with Crippen molar-refractivity contribution >= 4 is 11.8 Å². The Morgan fingerprint density at radius 3 is 2.47 bits per heavy atom. The van der Waals surface area contributed by atoms with Gasteiger partial charge in [-0.1, -0.05) is 26.8 Å². The van der Waals surface area contributed by atoms with Crippen LogP contribution >= 0.6 is 0 Å². The van der Waals surface area contributed by atoms with E-state index in [0.717, 1.165) is 43.7 Å². The monoisotopic (exact) mass is 484 g/mol. The van der Waals surface area contributed by atoms with Crippen molar-refractivity contribution in [1.29, 1.82) is 0 Å². The predicted molar refractivity (Wildman–Crippen MR) is 139 cm³/mol. The van der Waals surface area contributed by atoms with Crippen LogP contribution in [0.5, 0.6) is 0 Å². The number of nitrogens with one attached hydrogen (secondary N) is 1. The highest BCUT2D eigenvalue weighted by molar-refractivity contribution is 5.75. The van der Waals surface area contributed by atoms with E-state index in [2.05, 4.69) is 24.4 Å². The topological polar surface area (TPSA) is 89.7 Å². The molecule has 0 aliphatic carbocycles. The average Bonchev–Trinajstić information content (AvgIpc) is 2.79. The van der Waals surface area contributed by atoms with Crippen molar-refractivity contribution < 1.29 is 18.7 Å². The fourth-order valence-electron chi connectivity index (χ4n) is 3.44. The number of ether oxygens (including phenoxy) is 2. The molecule has 3 N–H and O–H groups in total. The van der Waals surface area contributed by atoms with E-state index in [1.54, 1.807) is 0 Å². The van der Waals surface area contributed by atoms with Crippen LogP contribution in [0.2, 0.25) is 0 Å². The molecule has 0 spiro atoms. The second kappa shape index (κ2) is 17.6. The summed E-state index contributed by atoms with van der Waals surface area (Å²) in [5.74, 6) is 0.510. The van der Waals surface area contributed by atoms with Gasteiger partial charge in [0.25, 0.3) is 0 Å². The molecular weight excluding hydrogens is 435 g/mol. The number of rotatable bonds is 15. The van der Waals surface area contributed by atoms with E-state index in [1.165, 1.54) is 12.7 Å². The molecule has 8 heteroatoms. The van der Waals surface area contributed by atoms with Crippen LogP contribution in [0.4, 0.5) is 10.2 Å². The number of aryl methyl sites for hydroxylation is 2. The molecule has 1 aromatic rings. The first kappa shape index (κ1) is 32.2. The number of hydrogen-bond donors (Lipinski definition) is 2. The summed E-state index contributed by atoms with van der Waals surface area (Å²) in [6.07, 6.45) is 2.97. The van der Waals surface area contributed by atoms with Gasteiger partial charge in [0.2, 0.25) is 0 Å². The Labute approximate surface area is 207 Å². The highest BCUT2D eigenvalue weighted by Gasteiger charge is 2.23. The van der Waals surface area contributed by atoms with Gasteiger partial charge < -0.3 is 25.4 Å². The molecule has 7 nitrogen and oxygen atoms in total. The fraction of sp³-hybridized carbons (Fsp3) is 0.769. The highest BCUT2D eigenvalue weighted by Crippen LogP contribution is 2.15. The molecule has 1 heterocycles. The van der Waals surface area contributed by atoms with Gasteiger partial charge in [-0.25, -0.2) is 9.37 Å². The summed E-state index contributed by atoms with van der Waals surface area (Å²) in [7, 11) is 3.38. The number of pyridine rings is 1. The van der Waals surface area contributed by atoms with Crippen LogP contribution < -0.4 is 11.1 Å². The van der Waals surface area contributed by atoms with Gasteiger partial charge in [-0.15, -0.1) is 0 Å². The Balaban J connectivity index is 0.00000529. The Bertz CT molecular complexity index is 682. The number of carbonyl (C=O) groups is 1. The van der Waals surface area contributed by atoms with Gasteiger partial charge in [0.1, 0.15) is 23.6 Å². The lowest BCUT2D eigenvalue weighted by atomic mass is 10.1. The molecule has 1 rings (SSSR count). The van der Waals surface area contributed by atoms with E-state index in [9.17, 15) is 9.18 Å². The van der Waals surface area contributed by atoms with Crippen LogP contribution in [-0.4, -0.2) is 74.1 Å². The highest BCUT2D eigenvalue weighted by atomic mass is 19.1. The maximum Gasteiger partial charge on any atom is 0.323 e. The second-order valence-corrected chi connectivity index (χ2v) is 9.15. The molecule has 0 radical (unpaired) electrons. The summed E-state index contributed by atoms with van der Waals surface area (Å²) in [5, 5.41) is 3.16. The lowest BCUT2D eigenvalue weighted by Crippen LogP contribution is -2.41. The van der Waals surface area contributed by atoms with Crippen molar-refractivity contribution in [3.8, 4) is 0 Å². The van der Waals surface area contributed by atoms with Gasteiger partial charge in [-0.3, -0.25) is 4.79 Å². The first-order chi connectivity index (χ1) is 16.1. The van der Waals surface area contributed by atoms with Crippen molar-refractivity contribution in [1.82, 2.24) is 9.88 Å². The first-order valence-corrected chi connectivity index (χ1v) is 12.6. The molecule has 2 atom stereocenters. The molecule has 2 unspecified atom stereocenters. The third-order valence-corrected chi connectivity index (χ3v) is 5.08. The normalized spacial score (nSPS) is 13.1. The quantitative estimate of drug-likeness (QED) is 0.282. The summed E-state index contributed by atoms with van der Waals surface area (Å²) in [5.41, 5.74) is 7.69. The predicted octanol–water partition coefficient (Wildman–Crippen LogP) is 4.38. The number of esters is 1. The lowest BCUT2D eigenvalue weighted by Gasteiger charge is -2.26. The van der Waals surface area contributed by atoms with Crippen molar-refractivity contribution in [2.45, 2.75) is 91.5 Å². The molecule has 0 aliphatic heterocycles. The van der Waals surface area contributed by atoms with E-state index in [0.29, 0.717) is 13.0 Å². The second-order valence-electron chi connectivity index (χ2n) is 9.15. The Hall–Kier alpha value is -1.77. The van der Waals surface area contributed by atoms with Crippen molar-refractivity contribution in [2.24, 2.45) is 5.73 Å². The number of unbranched alkanes of at least 4 members (excludes halogenated alkanes) is 1. The number of aromatic nitrogens is 1. The van der Waals surface area contributed by atoms with Crippen LogP contribution in [0, 0.1) is 0 Å². The number of nitrogens with zero attached hydrogens (tertiary/aromatic N) is 2. The minimum atomic E-state index is -1.08. The summed E-state index contributed by atoms with van der Waals surface area (Å²) >= 11 is 0. The molecule has 0 fully saturated rings. The zero-order valence-corrected chi connectivity index (χ0v) is 22.7. The molecule has 1 aromatic heterocycles. The van der Waals surface area contributed by atoms with Crippen molar-refractivity contribution in [2.75, 3.05) is 45.7 Å². The third kappa shape index (κ3) is 13.8. The van der Waals surface area contributed by atoms with E-state index in [4.69, 9.17) is 20.2 Å². The molecule has 0 aliphatic rings. The van der Waals surface area contributed by atoms with Crippen LogP contribution in [0.3, 0.4) is 0 Å². The maximum absolute atomic E-state index is 14.2. The summed E-state index contributed by atoms with van der Waals surface area (Å²) in [6, 6.07) is 3.48. The third-order valence-electron chi connectivity index (χ3n) is 5.08. The number of anilines is 1. The standard InChI is InChI=1S/C24H43FN4O3.C2H6/c1-7-18-11-12-20(28-22(18)27-5)10-8-9-14-29(16-19(25)17-31-6)15-13-21(26)23(30)32-24(2,3)4;1-2/h11-12,19,21H,7-10,13-17,26H2,1-6H3,(H,27,28);1-2H3. The van der Waals surface area contributed by atoms with Gasteiger partial charge in [0.15, 0.2) is 0 Å². The van der Waals surface area contributed by atoms with Gasteiger partial charge >= 0.3 is 5.97 Å². The fourth-order valence-corrected chi connectivity index (χ4v) is 3.44. The maximum atomic E-state index is 14.2. The minimum absolute atomic E-state index is 0.0507. The van der Waals surface area contributed by atoms with Crippen LogP contribution in [-0.2, 0) is 27.1 Å². The molecule has 0 bridgehead atoms. The lowest BCUT2D eigenvalue weighted by molar-refractivity contribution is -0.156. The van der Waals surface area contributed by atoms with Gasteiger partial charge in [0, 0.05) is 32.9 Å². The SMILES string of the molecule is CC.CCc1ccc(CCCCN(CCC(N)C(=O)OC(C)(C)C)CC(F)COC)nc1NC. The number of carbonyl (C=O) groups excluding carboxylic acids is 1. The van der Waals surface area contributed by atoms with Crippen molar-refractivity contribution in [3.05, 3.63) is 23.4 Å². The number of methoxy groups -OCH3 is 1. The number of nitrogens with two attached hydrogens (primary N) is 1. The van der Waals surface area contributed by atoms with E-state index >= 15 is 0 Å². The van der Waals surface area contributed by atoms with Crippen LogP contribution in [0.25, 0.3) is 0 Å². The number of hydrogen-bond acceptors (Lipinski definition) is 7. The molecule has 0 aromatic carbocycles. The molecule has 0 saturated carbocycles. The van der Waals surface area contributed by atoms with E-state index in [-0.39, 0.29) is 13.2 Å². The van der Waals surface area contributed by atoms with Crippen molar-refractivity contribution in [3.63, 3.8) is 0 Å². The number of halogens is 1. The number of alkyl halides is 1. The minimum Gasteiger partial charge on any atom is -0.459 e.